The Hall–Kier alpha value is -1.78. The number of carbonyl (C=O) groups is 1. The molecule has 0 bridgehead atoms. The Kier molecular flexibility index (Phi) is 4.12. The van der Waals surface area contributed by atoms with Crippen LogP contribution in [0.3, 0.4) is 0 Å². The van der Waals surface area contributed by atoms with Gasteiger partial charge < -0.3 is 9.67 Å². The molecule has 0 saturated carbocycles. The first-order valence-electron chi connectivity index (χ1n) is 6.14. The van der Waals surface area contributed by atoms with Gasteiger partial charge in [-0.3, -0.25) is 4.79 Å². The number of benzene rings is 1. The highest BCUT2D eigenvalue weighted by molar-refractivity contribution is 6.42. The van der Waals surface area contributed by atoms with Crippen LogP contribution in [0.25, 0.3) is 11.1 Å². The Balaban J connectivity index is 2.89. The van der Waals surface area contributed by atoms with Gasteiger partial charge in [0.05, 0.1) is 10.0 Å². The van der Waals surface area contributed by atoms with E-state index in [9.17, 15) is 14.7 Å². The van der Waals surface area contributed by atoms with Gasteiger partial charge in [-0.1, -0.05) is 29.3 Å². The molecule has 0 aliphatic rings. The fourth-order valence-electron chi connectivity index (χ4n) is 2.28. The van der Waals surface area contributed by atoms with Crippen LogP contribution in [-0.4, -0.2) is 15.6 Å². The molecule has 21 heavy (non-hydrogen) atoms. The van der Waals surface area contributed by atoms with E-state index in [-0.39, 0.29) is 5.56 Å². The van der Waals surface area contributed by atoms with E-state index < -0.39 is 11.4 Å². The Labute approximate surface area is 131 Å². The average Bonchev–Trinajstić information content (AvgIpc) is 2.40. The van der Waals surface area contributed by atoms with Gasteiger partial charge in [0.15, 0.2) is 0 Å². The van der Waals surface area contributed by atoms with Gasteiger partial charge in [0.2, 0.25) is 5.43 Å². The lowest BCUT2D eigenvalue weighted by Gasteiger charge is -2.16. The highest BCUT2D eigenvalue weighted by Gasteiger charge is 2.21. The lowest BCUT2D eigenvalue weighted by molar-refractivity contribution is 0.0693. The molecule has 0 aliphatic heterocycles. The molecule has 1 aromatic heterocycles. The Bertz CT molecular complexity index is 810. The molecule has 0 unspecified atom stereocenters. The standard InChI is InChI=1S/C15H13Cl2NO3/c1-7-12(9-4-5-10(16)11(17)6-9)14(19)13(15(20)21)8(2)18(7)3/h4-6H,1-3H3,(H,20,21). The minimum atomic E-state index is -1.24. The van der Waals surface area contributed by atoms with Crippen molar-refractivity contribution < 1.29 is 9.90 Å². The van der Waals surface area contributed by atoms with Crippen molar-refractivity contribution in [3.05, 3.63) is 55.4 Å². The molecule has 0 aliphatic carbocycles. The predicted molar refractivity (Wildman–Crippen MR) is 83.6 cm³/mol. The van der Waals surface area contributed by atoms with Gasteiger partial charge in [-0.25, -0.2) is 4.79 Å². The van der Waals surface area contributed by atoms with Crippen molar-refractivity contribution in [2.75, 3.05) is 0 Å². The SMILES string of the molecule is Cc1c(C(=O)O)c(=O)c(-c2ccc(Cl)c(Cl)c2)c(C)n1C. The van der Waals surface area contributed by atoms with Crippen LogP contribution in [0, 0.1) is 13.8 Å². The van der Waals surface area contributed by atoms with Gasteiger partial charge in [-0.2, -0.15) is 0 Å². The number of hydrogen-bond donors (Lipinski definition) is 1. The van der Waals surface area contributed by atoms with Gasteiger partial charge >= 0.3 is 5.97 Å². The molecule has 110 valence electrons. The van der Waals surface area contributed by atoms with Gasteiger partial charge in [-0.05, 0) is 31.5 Å². The topological polar surface area (TPSA) is 59.3 Å². The van der Waals surface area contributed by atoms with Crippen molar-refractivity contribution in [3.8, 4) is 11.1 Å². The number of pyridine rings is 1. The summed E-state index contributed by atoms with van der Waals surface area (Å²) in [5, 5.41) is 9.96. The lowest BCUT2D eigenvalue weighted by Crippen LogP contribution is -2.24. The highest BCUT2D eigenvalue weighted by Crippen LogP contribution is 2.29. The molecule has 2 rings (SSSR count). The number of carboxylic acid groups (broad SMARTS) is 1. The van der Waals surface area contributed by atoms with Crippen LogP contribution in [0.1, 0.15) is 21.7 Å². The summed E-state index contributed by atoms with van der Waals surface area (Å²) in [5.41, 5.74) is 1.19. The van der Waals surface area contributed by atoms with Crippen LogP contribution in [0.2, 0.25) is 10.0 Å². The third kappa shape index (κ3) is 2.57. The first-order chi connectivity index (χ1) is 9.75. The lowest BCUT2D eigenvalue weighted by atomic mass is 9.99. The van der Waals surface area contributed by atoms with E-state index in [0.717, 1.165) is 0 Å². The zero-order chi connectivity index (χ0) is 15.9. The Morgan fingerprint density at radius 3 is 2.29 bits per heavy atom. The van der Waals surface area contributed by atoms with Gasteiger partial charge in [0, 0.05) is 24.0 Å². The highest BCUT2D eigenvalue weighted by atomic mass is 35.5. The second-order valence-electron chi connectivity index (χ2n) is 4.74. The molecule has 2 aromatic rings. The van der Waals surface area contributed by atoms with Gasteiger partial charge in [0.25, 0.3) is 0 Å². The van der Waals surface area contributed by atoms with Crippen molar-refractivity contribution in [1.82, 2.24) is 4.57 Å². The van der Waals surface area contributed by atoms with E-state index in [2.05, 4.69) is 0 Å². The Morgan fingerprint density at radius 2 is 1.76 bits per heavy atom. The summed E-state index contributed by atoms with van der Waals surface area (Å²) in [7, 11) is 1.72. The van der Waals surface area contributed by atoms with Crippen LogP contribution in [0.4, 0.5) is 0 Å². The van der Waals surface area contributed by atoms with Crippen LogP contribution in [-0.2, 0) is 7.05 Å². The maximum absolute atomic E-state index is 12.5. The molecular formula is C15H13Cl2NO3. The minimum absolute atomic E-state index is 0.232. The van der Waals surface area contributed by atoms with Crippen LogP contribution in [0.5, 0.6) is 0 Å². The molecule has 0 atom stereocenters. The van der Waals surface area contributed by atoms with Crippen molar-refractivity contribution in [2.45, 2.75) is 13.8 Å². The summed E-state index contributed by atoms with van der Waals surface area (Å²) < 4.78 is 1.68. The molecule has 1 heterocycles. The summed E-state index contributed by atoms with van der Waals surface area (Å²) in [5.74, 6) is -1.24. The van der Waals surface area contributed by atoms with Crippen LogP contribution < -0.4 is 5.43 Å². The summed E-state index contributed by atoms with van der Waals surface area (Å²) in [6.45, 7) is 3.37. The number of nitrogens with zero attached hydrogens (tertiary/aromatic N) is 1. The van der Waals surface area contributed by atoms with Crippen molar-refractivity contribution in [1.29, 1.82) is 0 Å². The van der Waals surface area contributed by atoms with Crippen molar-refractivity contribution in [2.24, 2.45) is 7.05 Å². The molecular weight excluding hydrogens is 313 g/mol. The zero-order valence-corrected chi connectivity index (χ0v) is 13.2. The summed E-state index contributed by atoms with van der Waals surface area (Å²) in [6, 6.07) is 4.80. The minimum Gasteiger partial charge on any atom is -0.477 e. The normalized spacial score (nSPS) is 10.7. The Morgan fingerprint density at radius 1 is 1.14 bits per heavy atom. The largest absolute Gasteiger partial charge is 0.477 e. The number of hydrogen-bond acceptors (Lipinski definition) is 2. The molecule has 4 nitrogen and oxygen atoms in total. The van der Waals surface area contributed by atoms with E-state index in [1.807, 2.05) is 0 Å². The number of aromatic carboxylic acids is 1. The monoisotopic (exact) mass is 325 g/mol. The molecule has 0 radical (unpaired) electrons. The van der Waals surface area contributed by atoms with Crippen molar-refractivity contribution >= 4 is 29.2 Å². The number of aromatic nitrogens is 1. The first kappa shape index (κ1) is 15.6. The maximum Gasteiger partial charge on any atom is 0.341 e. The molecule has 0 amide bonds. The number of rotatable bonds is 2. The number of halogens is 2. The zero-order valence-electron chi connectivity index (χ0n) is 11.7. The van der Waals surface area contributed by atoms with Gasteiger partial charge in [-0.15, -0.1) is 0 Å². The summed E-state index contributed by atoms with van der Waals surface area (Å²) in [6.07, 6.45) is 0. The molecule has 1 N–H and O–H groups in total. The molecule has 0 spiro atoms. The quantitative estimate of drug-likeness (QED) is 0.916. The van der Waals surface area contributed by atoms with Gasteiger partial charge in [0.1, 0.15) is 5.56 Å². The third-order valence-electron chi connectivity index (χ3n) is 3.61. The second kappa shape index (κ2) is 5.54. The second-order valence-corrected chi connectivity index (χ2v) is 5.56. The molecule has 1 aromatic carbocycles. The molecule has 6 heteroatoms. The van der Waals surface area contributed by atoms with Crippen LogP contribution in [0.15, 0.2) is 23.0 Å². The van der Waals surface area contributed by atoms with E-state index >= 15 is 0 Å². The van der Waals surface area contributed by atoms with E-state index in [4.69, 9.17) is 23.2 Å². The maximum atomic E-state index is 12.5. The third-order valence-corrected chi connectivity index (χ3v) is 4.35. The van der Waals surface area contributed by atoms with E-state index in [1.165, 1.54) is 0 Å². The fourth-order valence-corrected chi connectivity index (χ4v) is 2.58. The molecule has 0 saturated heterocycles. The average molecular weight is 326 g/mol. The van der Waals surface area contributed by atoms with Crippen molar-refractivity contribution in [3.63, 3.8) is 0 Å². The summed E-state index contributed by atoms with van der Waals surface area (Å²) in [4.78, 5) is 23.9. The van der Waals surface area contributed by atoms with Crippen LogP contribution >= 0.6 is 23.2 Å². The van der Waals surface area contributed by atoms with E-state index in [1.54, 1.807) is 43.7 Å². The fraction of sp³-hybridized carbons (Fsp3) is 0.200. The molecule has 0 fully saturated rings. The van der Waals surface area contributed by atoms with E-state index in [0.29, 0.717) is 32.6 Å². The predicted octanol–water partition coefficient (Wildman–Crippen LogP) is 3.67. The summed E-state index contributed by atoms with van der Waals surface area (Å²) >= 11 is 11.9. The first-order valence-corrected chi connectivity index (χ1v) is 6.90. The number of carboxylic acids is 1. The smallest absolute Gasteiger partial charge is 0.341 e.